The van der Waals surface area contributed by atoms with Gasteiger partial charge in [-0.15, -0.1) is 0 Å². The minimum Gasteiger partial charge on any atom is -1.00 e. The molecule has 0 unspecified atom stereocenters. The number of rotatable bonds is 0. The largest absolute Gasteiger partial charge is 1.00 e. The SMILES string of the molecule is O=P(O)(O)O.[Br-].[Cl-].[Na+].[Na+]. The van der Waals surface area contributed by atoms with E-state index >= 15 is 0 Å². The van der Waals surface area contributed by atoms with Crippen LogP contribution in [0.1, 0.15) is 0 Å². The third kappa shape index (κ3) is 103. The Kier molecular flexibility index (Phi) is 44.5. The van der Waals surface area contributed by atoms with Gasteiger partial charge in [0.25, 0.3) is 0 Å². The molecule has 0 aliphatic heterocycles. The Morgan fingerprint density at radius 1 is 1.00 bits per heavy atom. The van der Waals surface area contributed by atoms with Crippen LogP contribution in [0.4, 0.5) is 0 Å². The molecule has 0 aromatic heterocycles. The van der Waals surface area contributed by atoms with Gasteiger partial charge in [-0.1, -0.05) is 0 Å². The fourth-order valence-corrected chi connectivity index (χ4v) is 0. The molecule has 0 radical (unpaired) electrons. The molecule has 0 atom stereocenters. The molecule has 4 nitrogen and oxygen atoms in total. The van der Waals surface area contributed by atoms with Crippen LogP contribution < -0.4 is 88.5 Å². The molecule has 0 bridgehead atoms. The van der Waals surface area contributed by atoms with Crippen molar-refractivity contribution < 1.29 is 108 Å². The normalized spacial score (nSPS) is 6.56. The first kappa shape index (κ1) is 29.7. The number of hydrogen-bond acceptors (Lipinski definition) is 1. The van der Waals surface area contributed by atoms with Crippen molar-refractivity contribution in [2.75, 3.05) is 0 Å². The molecule has 0 fully saturated rings. The second-order valence-electron chi connectivity index (χ2n) is 0.513. The Morgan fingerprint density at radius 2 is 1.00 bits per heavy atom. The van der Waals surface area contributed by atoms with E-state index in [0.29, 0.717) is 0 Å². The van der Waals surface area contributed by atoms with Gasteiger partial charge in [0.05, 0.1) is 0 Å². The van der Waals surface area contributed by atoms with Crippen molar-refractivity contribution in [3.05, 3.63) is 0 Å². The van der Waals surface area contributed by atoms with Crippen LogP contribution in [-0.2, 0) is 4.57 Å². The van der Waals surface area contributed by atoms with E-state index in [1.54, 1.807) is 0 Å². The van der Waals surface area contributed by atoms with Gasteiger partial charge in [-0.2, -0.15) is 0 Å². The Bertz CT molecular complexity index is 64.7. The molecule has 9 heavy (non-hydrogen) atoms. The van der Waals surface area contributed by atoms with E-state index in [-0.39, 0.29) is 88.5 Å². The summed E-state index contributed by atoms with van der Waals surface area (Å²) in [5.74, 6) is 0. The molecule has 0 rings (SSSR count). The number of phosphoric acid groups is 1. The van der Waals surface area contributed by atoms with Gasteiger partial charge in [0.1, 0.15) is 0 Å². The van der Waals surface area contributed by atoms with Crippen molar-refractivity contribution in [2.45, 2.75) is 0 Å². The molecule has 0 amide bonds. The first-order valence-corrected chi connectivity index (χ1v) is 2.35. The summed E-state index contributed by atoms with van der Waals surface area (Å²) in [5, 5.41) is 0. The van der Waals surface area contributed by atoms with Crippen LogP contribution in [0.2, 0.25) is 0 Å². The van der Waals surface area contributed by atoms with Crippen molar-refractivity contribution in [1.82, 2.24) is 0 Å². The maximum absolute atomic E-state index is 8.88. The van der Waals surface area contributed by atoms with Gasteiger partial charge >= 0.3 is 66.9 Å². The zero-order chi connectivity index (χ0) is 4.50. The molecule has 48 valence electrons. The van der Waals surface area contributed by atoms with E-state index in [4.69, 9.17) is 19.2 Å². The summed E-state index contributed by atoms with van der Waals surface area (Å²) in [6, 6.07) is 0. The topological polar surface area (TPSA) is 77.8 Å². The molecule has 0 saturated heterocycles. The monoisotopic (exact) mass is 258 g/mol. The molecule has 9 heteroatoms. The van der Waals surface area contributed by atoms with Gasteiger partial charge in [0, 0.05) is 0 Å². The molecule has 0 heterocycles. The molecular weight excluding hydrogens is 256 g/mol. The van der Waals surface area contributed by atoms with Crippen LogP contribution in [0.5, 0.6) is 0 Å². The second kappa shape index (κ2) is 13.5. The van der Waals surface area contributed by atoms with Crippen LogP contribution in [0.25, 0.3) is 0 Å². The molecule has 0 aromatic carbocycles. The molecule has 0 saturated carbocycles. The first-order valence-electron chi connectivity index (χ1n) is 0.783. The van der Waals surface area contributed by atoms with Gasteiger partial charge in [0.15, 0.2) is 0 Å². The maximum Gasteiger partial charge on any atom is 1.00 e. The Labute approximate surface area is 114 Å². The zero-order valence-electron chi connectivity index (χ0n) is 4.95. The Hall–Kier alpha value is 2.88. The summed E-state index contributed by atoms with van der Waals surface area (Å²) in [6.07, 6.45) is 0. The molecule has 0 aliphatic rings. The van der Waals surface area contributed by atoms with Gasteiger partial charge in [-0.05, 0) is 0 Å². The predicted octanol–water partition coefficient (Wildman–Crippen LogP) is -12.9. The third-order valence-corrected chi connectivity index (χ3v) is 0. The average Bonchev–Trinajstić information content (AvgIpc) is 0.722. The average molecular weight is 259 g/mol. The van der Waals surface area contributed by atoms with Crippen LogP contribution in [0.15, 0.2) is 0 Å². The van der Waals surface area contributed by atoms with Crippen LogP contribution in [0.3, 0.4) is 0 Å². The van der Waals surface area contributed by atoms with Gasteiger partial charge in [0.2, 0.25) is 0 Å². The number of hydrogen-bond donors (Lipinski definition) is 3. The van der Waals surface area contributed by atoms with Gasteiger partial charge in [-0.3, -0.25) is 0 Å². The summed E-state index contributed by atoms with van der Waals surface area (Å²) >= 11 is 0. The summed E-state index contributed by atoms with van der Waals surface area (Å²) in [6.45, 7) is 0. The van der Waals surface area contributed by atoms with E-state index in [2.05, 4.69) is 0 Å². The van der Waals surface area contributed by atoms with Crippen molar-refractivity contribution in [1.29, 1.82) is 0 Å². The van der Waals surface area contributed by atoms with Gasteiger partial charge < -0.3 is 44.1 Å². The smallest absolute Gasteiger partial charge is 1.00 e. The zero-order valence-corrected chi connectivity index (χ0v) is 12.2. The van der Waals surface area contributed by atoms with E-state index in [0.717, 1.165) is 0 Å². The van der Waals surface area contributed by atoms with Crippen molar-refractivity contribution in [2.24, 2.45) is 0 Å². The van der Waals surface area contributed by atoms with Gasteiger partial charge in [-0.25, -0.2) is 4.57 Å². The summed E-state index contributed by atoms with van der Waals surface area (Å²) in [7, 11) is -4.64. The van der Waals surface area contributed by atoms with Crippen LogP contribution >= 0.6 is 7.82 Å². The Morgan fingerprint density at radius 3 is 1.00 bits per heavy atom. The minimum absolute atomic E-state index is 0. The summed E-state index contributed by atoms with van der Waals surface area (Å²) in [5.41, 5.74) is 0. The predicted molar refractivity (Wildman–Crippen MR) is 14.3 cm³/mol. The molecule has 0 spiro atoms. The van der Waals surface area contributed by atoms with Crippen molar-refractivity contribution in [3.8, 4) is 0 Å². The molecule has 0 aromatic rings. The fraction of sp³-hybridized carbons (Fsp3) is 0. The first-order chi connectivity index (χ1) is 2.00. The fourth-order valence-electron chi connectivity index (χ4n) is 0. The summed E-state index contributed by atoms with van der Waals surface area (Å²) in [4.78, 5) is 21.6. The number of halogens is 2. The van der Waals surface area contributed by atoms with E-state index < -0.39 is 7.82 Å². The van der Waals surface area contributed by atoms with Crippen molar-refractivity contribution >= 4 is 7.82 Å². The molecular formula is H3BrClNa2O4P. The van der Waals surface area contributed by atoms with Crippen LogP contribution in [0, 0.1) is 0 Å². The van der Waals surface area contributed by atoms with Crippen LogP contribution in [-0.4, -0.2) is 14.7 Å². The second-order valence-corrected chi connectivity index (χ2v) is 1.54. The summed E-state index contributed by atoms with van der Waals surface area (Å²) < 4.78 is 8.88. The quantitative estimate of drug-likeness (QED) is 0.298. The third-order valence-electron chi connectivity index (χ3n) is 0. The van der Waals surface area contributed by atoms with E-state index in [1.807, 2.05) is 0 Å². The Balaban J connectivity index is -0.0000000133. The molecule has 0 aliphatic carbocycles. The molecule has 3 N–H and O–H groups in total. The van der Waals surface area contributed by atoms with E-state index in [1.165, 1.54) is 0 Å². The van der Waals surface area contributed by atoms with E-state index in [9.17, 15) is 0 Å². The minimum atomic E-state index is -4.64. The van der Waals surface area contributed by atoms with Crippen molar-refractivity contribution in [3.63, 3.8) is 0 Å². The maximum atomic E-state index is 8.88. The standard InChI is InChI=1S/BrH.ClH.2Na.H3O4P/c;;;;1-5(2,3)4/h2*1H;;;(H3,1,2,3,4)/q;;2*+1;/p-2.